The summed E-state index contributed by atoms with van der Waals surface area (Å²) in [5.41, 5.74) is 0. The normalized spacial score (nSPS) is 14.7. The zero-order valence-corrected chi connectivity index (χ0v) is 9.36. The minimum Gasteiger partial charge on any atom is -0.479 e. The van der Waals surface area contributed by atoms with E-state index in [9.17, 15) is 9.59 Å². The third-order valence-corrected chi connectivity index (χ3v) is 2.42. The average molecular weight is 217 g/mol. The van der Waals surface area contributed by atoms with Gasteiger partial charge in [0.25, 0.3) is 0 Å². The quantitative estimate of drug-likeness (QED) is 0.594. The molecule has 0 radical (unpaired) electrons. The van der Waals surface area contributed by atoms with Crippen molar-refractivity contribution in [1.82, 2.24) is 5.32 Å². The number of amides is 1. The first-order valence-corrected chi connectivity index (χ1v) is 5.04. The highest BCUT2D eigenvalue weighted by atomic mass is 16.4. The lowest BCUT2D eigenvalue weighted by Gasteiger charge is -2.15. The summed E-state index contributed by atoms with van der Waals surface area (Å²) >= 11 is 0. The van der Waals surface area contributed by atoms with Gasteiger partial charge in [0.2, 0.25) is 5.91 Å². The molecule has 0 fully saturated rings. The van der Waals surface area contributed by atoms with Crippen molar-refractivity contribution < 1.29 is 19.8 Å². The number of aliphatic hydroxyl groups is 1. The third-order valence-electron chi connectivity index (χ3n) is 2.42. The molecule has 0 aliphatic rings. The van der Waals surface area contributed by atoms with Gasteiger partial charge in [-0.05, 0) is 5.92 Å². The van der Waals surface area contributed by atoms with Gasteiger partial charge >= 0.3 is 5.97 Å². The molecule has 0 aromatic heterocycles. The van der Waals surface area contributed by atoms with E-state index in [1.807, 2.05) is 20.8 Å². The Hall–Kier alpha value is -1.10. The monoisotopic (exact) mass is 217 g/mol. The van der Waals surface area contributed by atoms with Crippen LogP contribution in [0.15, 0.2) is 0 Å². The number of hydrogen-bond acceptors (Lipinski definition) is 3. The smallest absolute Gasteiger partial charge is 0.332 e. The summed E-state index contributed by atoms with van der Waals surface area (Å²) in [4.78, 5) is 21.7. The van der Waals surface area contributed by atoms with E-state index in [-0.39, 0.29) is 30.7 Å². The predicted molar refractivity (Wildman–Crippen MR) is 55.3 cm³/mol. The lowest BCUT2D eigenvalue weighted by molar-refractivity contribution is -0.147. The number of carbonyl (C=O) groups is 2. The molecule has 0 aromatic rings. The summed E-state index contributed by atoms with van der Waals surface area (Å²) in [6.45, 7) is 5.88. The largest absolute Gasteiger partial charge is 0.479 e. The minimum atomic E-state index is -1.40. The Kier molecular flexibility index (Phi) is 5.93. The molecule has 0 spiro atoms. The van der Waals surface area contributed by atoms with E-state index in [2.05, 4.69) is 5.32 Å². The Bertz CT molecular complexity index is 227. The average Bonchev–Trinajstić information content (AvgIpc) is 2.15. The first-order valence-electron chi connectivity index (χ1n) is 5.04. The second-order valence-electron chi connectivity index (χ2n) is 3.97. The molecule has 88 valence electrons. The van der Waals surface area contributed by atoms with Crippen molar-refractivity contribution in [2.24, 2.45) is 11.8 Å². The molecule has 5 heteroatoms. The van der Waals surface area contributed by atoms with Gasteiger partial charge in [-0.1, -0.05) is 20.8 Å². The molecule has 0 bridgehead atoms. The SMILES string of the molecule is CC(C)C(C)C(=O)NCC[C@H](O)C(=O)O. The maximum Gasteiger partial charge on any atom is 0.332 e. The van der Waals surface area contributed by atoms with Crippen LogP contribution in [0.5, 0.6) is 0 Å². The number of nitrogens with one attached hydrogen (secondary N) is 1. The van der Waals surface area contributed by atoms with Crippen LogP contribution in [0.2, 0.25) is 0 Å². The fourth-order valence-corrected chi connectivity index (χ4v) is 0.919. The van der Waals surface area contributed by atoms with Crippen LogP contribution in [0.3, 0.4) is 0 Å². The van der Waals surface area contributed by atoms with Crippen LogP contribution in [0.1, 0.15) is 27.2 Å². The summed E-state index contributed by atoms with van der Waals surface area (Å²) in [7, 11) is 0. The van der Waals surface area contributed by atoms with Gasteiger partial charge in [0.1, 0.15) is 0 Å². The molecule has 3 N–H and O–H groups in total. The van der Waals surface area contributed by atoms with Gasteiger partial charge in [-0.3, -0.25) is 4.79 Å². The summed E-state index contributed by atoms with van der Waals surface area (Å²) in [5.74, 6) is -1.23. The molecule has 0 saturated carbocycles. The molecular weight excluding hydrogens is 198 g/mol. The summed E-state index contributed by atoms with van der Waals surface area (Å²) in [5, 5.41) is 19.9. The van der Waals surface area contributed by atoms with E-state index in [4.69, 9.17) is 10.2 Å². The zero-order chi connectivity index (χ0) is 12.0. The highest BCUT2D eigenvalue weighted by Crippen LogP contribution is 2.08. The van der Waals surface area contributed by atoms with Crippen LogP contribution in [-0.4, -0.2) is 34.7 Å². The Balaban J connectivity index is 3.78. The zero-order valence-electron chi connectivity index (χ0n) is 9.36. The van der Waals surface area contributed by atoms with Crippen LogP contribution >= 0.6 is 0 Å². The molecule has 0 aliphatic carbocycles. The fraction of sp³-hybridized carbons (Fsp3) is 0.800. The van der Waals surface area contributed by atoms with Crippen LogP contribution in [-0.2, 0) is 9.59 Å². The molecular formula is C10H19NO4. The molecule has 0 aromatic carbocycles. The molecule has 15 heavy (non-hydrogen) atoms. The molecule has 0 aliphatic heterocycles. The highest BCUT2D eigenvalue weighted by molar-refractivity contribution is 5.78. The van der Waals surface area contributed by atoms with Crippen LogP contribution in [0.4, 0.5) is 0 Å². The van der Waals surface area contributed by atoms with Crippen molar-refractivity contribution in [2.45, 2.75) is 33.3 Å². The summed E-state index contributed by atoms with van der Waals surface area (Å²) < 4.78 is 0. The fourth-order valence-electron chi connectivity index (χ4n) is 0.919. The van der Waals surface area contributed by atoms with E-state index >= 15 is 0 Å². The second-order valence-corrected chi connectivity index (χ2v) is 3.97. The Morgan fingerprint density at radius 3 is 2.20 bits per heavy atom. The Labute approximate surface area is 89.5 Å². The number of hydrogen-bond donors (Lipinski definition) is 3. The van der Waals surface area contributed by atoms with Gasteiger partial charge in [-0.15, -0.1) is 0 Å². The predicted octanol–water partition coefficient (Wildman–Crippen LogP) is 0.230. The minimum absolute atomic E-state index is 0.0336. The number of aliphatic carboxylic acids is 1. The van der Waals surface area contributed by atoms with Gasteiger partial charge in [0.05, 0.1) is 0 Å². The van der Waals surface area contributed by atoms with Gasteiger partial charge in [-0.25, -0.2) is 4.79 Å². The van der Waals surface area contributed by atoms with Gasteiger partial charge in [-0.2, -0.15) is 0 Å². The first-order chi connectivity index (χ1) is 6.86. The van der Waals surface area contributed by atoms with E-state index in [1.165, 1.54) is 0 Å². The topological polar surface area (TPSA) is 86.6 Å². The van der Waals surface area contributed by atoms with Crippen LogP contribution < -0.4 is 5.32 Å². The number of carbonyl (C=O) groups excluding carboxylic acids is 1. The van der Waals surface area contributed by atoms with E-state index in [0.29, 0.717) is 0 Å². The maximum atomic E-state index is 11.4. The standard InChI is InChI=1S/C10H19NO4/c1-6(2)7(3)9(13)11-5-4-8(12)10(14)15/h6-8,12H,4-5H2,1-3H3,(H,11,13)(H,14,15)/t7?,8-/m0/s1. The molecule has 5 nitrogen and oxygen atoms in total. The first kappa shape index (κ1) is 13.9. The van der Waals surface area contributed by atoms with E-state index in [0.717, 1.165) is 0 Å². The van der Waals surface area contributed by atoms with Gasteiger partial charge in [0.15, 0.2) is 6.10 Å². The van der Waals surface area contributed by atoms with Crippen molar-refractivity contribution in [3.63, 3.8) is 0 Å². The summed E-state index contributed by atoms with van der Waals surface area (Å²) in [6, 6.07) is 0. The van der Waals surface area contributed by atoms with Crippen LogP contribution in [0, 0.1) is 11.8 Å². The number of aliphatic hydroxyl groups excluding tert-OH is 1. The van der Waals surface area contributed by atoms with Gasteiger partial charge in [0, 0.05) is 18.9 Å². The van der Waals surface area contributed by atoms with E-state index < -0.39 is 12.1 Å². The maximum absolute atomic E-state index is 11.4. The molecule has 1 unspecified atom stereocenters. The van der Waals surface area contributed by atoms with Crippen molar-refractivity contribution in [3.05, 3.63) is 0 Å². The van der Waals surface area contributed by atoms with Crippen molar-refractivity contribution in [3.8, 4) is 0 Å². The molecule has 0 rings (SSSR count). The summed E-state index contributed by atoms with van der Waals surface area (Å²) in [6.07, 6.45) is -1.37. The highest BCUT2D eigenvalue weighted by Gasteiger charge is 2.17. The van der Waals surface area contributed by atoms with Gasteiger partial charge < -0.3 is 15.5 Å². The number of carboxylic acid groups (broad SMARTS) is 1. The molecule has 1 amide bonds. The molecule has 0 saturated heterocycles. The lowest BCUT2D eigenvalue weighted by atomic mass is 9.97. The van der Waals surface area contributed by atoms with E-state index in [1.54, 1.807) is 0 Å². The lowest BCUT2D eigenvalue weighted by Crippen LogP contribution is -2.34. The number of carboxylic acids is 1. The molecule has 0 heterocycles. The van der Waals surface area contributed by atoms with Crippen LogP contribution in [0.25, 0.3) is 0 Å². The number of rotatable bonds is 6. The second kappa shape index (κ2) is 6.40. The molecule has 2 atom stereocenters. The van der Waals surface area contributed by atoms with Crippen molar-refractivity contribution in [2.75, 3.05) is 6.54 Å². The Morgan fingerprint density at radius 2 is 1.80 bits per heavy atom. The van der Waals surface area contributed by atoms with Crippen molar-refractivity contribution >= 4 is 11.9 Å². The third kappa shape index (κ3) is 5.37. The Morgan fingerprint density at radius 1 is 1.27 bits per heavy atom. The van der Waals surface area contributed by atoms with Crippen molar-refractivity contribution in [1.29, 1.82) is 0 Å².